The molecule has 0 aliphatic heterocycles. The smallest absolute Gasteiger partial charge is 0.338 e. The van der Waals surface area contributed by atoms with Crippen LogP contribution in [0.3, 0.4) is 0 Å². The Morgan fingerprint density at radius 3 is 2.70 bits per heavy atom. The van der Waals surface area contributed by atoms with Crippen molar-refractivity contribution in [2.24, 2.45) is 0 Å². The van der Waals surface area contributed by atoms with Crippen LogP contribution in [0.5, 0.6) is 0 Å². The number of esters is 1. The van der Waals surface area contributed by atoms with Crippen LogP contribution in [0.2, 0.25) is 0 Å². The summed E-state index contributed by atoms with van der Waals surface area (Å²) in [6, 6.07) is 16.1. The third-order valence-electron chi connectivity index (χ3n) is 4.58. The van der Waals surface area contributed by atoms with E-state index in [0.717, 1.165) is 26.4 Å². The molecule has 30 heavy (non-hydrogen) atoms. The van der Waals surface area contributed by atoms with Crippen LogP contribution in [0.15, 0.2) is 65.3 Å². The van der Waals surface area contributed by atoms with E-state index in [9.17, 15) is 4.79 Å². The van der Waals surface area contributed by atoms with Gasteiger partial charge in [-0.05, 0) is 44.0 Å². The number of aromatic nitrogens is 2. The number of thiophene rings is 1. The fraction of sp³-hybridized carbons (Fsp3) is 0.208. The Morgan fingerprint density at radius 2 is 1.93 bits per heavy atom. The fourth-order valence-corrected chi connectivity index (χ4v) is 5.06. The van der Waals surface area contributed by atoms with Crippen LogP contribution in [0.1, 0.15) is 35.3 Å². The van der Waals surface area contributed by atoms with Gasteiger partial charge in [-0.2, -0.15) is 0 Å². The van der Waals surface area contributed by atoms with Crippen molar-refractivity contribution in [1.29, 1.82) is 0 Å². The number of thioether (sulfide) groups is 1. The van der Waals surface area contributed by atoms with Crippen LogP contribution >= 0.6 is 23.1 Å². The molecule has 0 fully saturated rings. The number of carbonyl (C=O) groups excluding carboxylic acids is 1. The SMILES string of the molecule is Cc1ccc(-c2csc3ncnc(SCc4cccc(C(=O)OC(C)C)c4)c23)cc1. The highest BCUT2D eigenvalue weighted by Crippen LogP contribution is 2.38. The van der Waals surface area contributed by atoms with Crippen molar-refractivity contribution in [2.75, 3.05) is 0 Å². The third-order valence-corrected chi connectivity index (χ3v) is 6.53. The lowest BCUT2D eigenvalue weighted by molar-refractivity contribution is 0.0378. The molecule has 4 rings (SSSR count). The zero-order valence-electron chi connectivity index (χ0n) is 17.1. The van der Waals surface area contributed by atoms with E-state index >= 15 is 0 Å². The molecule has 2 heterocycles. The van der Waals surface area contributed by atoms with Crippen LogP contribution in [0.4, 0.5) is 0 Å². The van der Waals surface area contributed by atoms with Gasteiger partial charge in [0, 0.05) is 16.7 Å². The Hall–Kier alpha value is -2.70. The maximum atomic E-state index is 12.2. The maximum absolute atomic E-state index is 12.2. The quantitative estimate of drug-likeness (QED) is 0.196. The molecular weight excluding hydrogens is 412 g/mol. The molecule has 0 saturated heterocycles. The van der Waals surface area contributed by atoms with E-state index in [1.54, 1.807) is 35.5 Å². The minimum Gasteiger partial charge on any atom is -0.459 e. The molecule has 0 aliphatic carbocycles. The minimum atomic E-state index is -0.291. The van der Waals surface area contributed by atoms with E-state index in [1.165, 1.54) is 11.1 Å². The summed E-state index contributed by atoms with van der Waals surface area (Å²) in [5.41, 5.74) is 5.19. The van der Waals surface area contributed by atoms with E-state index in [4.69, 9.17) is 4.74 Å². The van der Waals surface area contributed by atoms with Gasteiger partial charge in [-0.25, -0.2) is 14.8 Å². The van der Waals surface area contributed by atoms with Gasteiger partial charge in [0.1, 0.15) is 16.2 Å². The Morgan fingerprint density at radius 1 is 1.13 bits per heavy atom. The van der Waals surface area contributed by atoms with Crippen molar-refractivity contribution in [3.05, 3.63) is 76.9 Å². The lowest BCUT2D eigenvalue weighted by Gasteiger charge is -2.09. The van der Waals surface area contributed by atoms with Crippen molar-refractivity contribution < 1.29 is 9.53 Å². The summed E-state index contributed by atoms with van der Waals surface area (Å²) >= 11 is 3.29. The van der Waals surface area contributed by atoms with Crippen molar-refractivity contribution in [3.63, 3.8) is 0 Å². The molecule has 2 aromatic heterocycles. The standard InChI is InChI=1S/C24H22N2O2S2/c1-15(2)28-24(27)19-6-4-5-17(11-19)12-29-22-21-20(13-30-23(21)26-14-25-22)18-9-7-16(3)8-10-18/h4-11,13-15H,12H2,1-3H3. The molecule has 0 spiro atoms. The van der Waals surface area contributed by atoms with Crippen LogP contribution in [0.25, 0.3) is 21.3 Å². The van der Waals surface area contributed by atoms with E-state index in [1.807, 2.05) is 32.0 Å². The Bertz CT molecular complexity index is 1180. The lowest BCUT2D eigenvalue weighted by atomic mass is 10.1. The summed E-state index contributed by atoms with van der Waals surface area (Å²) in [4.78, 5) is 22.2. The van der Waals surface area contributed by atoms with Crippen LogP contribution in [-0.2, 0) is 10.5 Å². The zero-order chi connectivity index (χ0) is 21.1. The first-order chi connectivity index (χ1) is 14.5. The second-order valence-corrected chi connectivity index (χ2v) is 9.14. The van der Waals surface area contributed by atoms with Gasteiger partial charge < -0.3 is 4.74 Å². The normalized spacial score (nSPS) is 11.2. The summed E-state index contributed by atoms with van der Waals surface area (Å²) in [7, 11) is 0. The molecule has 6 heteroatoms. The predicted octanol–water partition coefficient (Wildman–Crippen LogP) is 6.52. The monoisotopic (exact) mass is 434 g/mol. The molecule has 0 saturated carbocycles. The molecule has 0 amide bonds. The van der Waals surface area contributed by atoms with Crippen molar-refractivity contribution in [3.8, 4) is 11.1 Å². The summed E-state index contributed by atoms with van der Waals surface area (Å²) in [6.45, 7) is 5.79. The van der Waals surface area contributed by atoms with Crippen LogP contribution in [-0.4, -0.2) is 22.0 Å². The molecule has 0 unspecified atom stereocenters. The van der Waals surface area contributed by atoms with Crippen molar-refractivity contribution in [1.82, 2.24) is 9.97 Å². The molecular formula is C24H22N2O2S2. The second-order valence-electron chi connectivity index (χ2n) is 7.32. The topological polar surface area (TPSA) is 52.1 Å². The first-order valence-electron chi connectivity index (χ1n) is 9.73. The van der Waals surface area contributed by atoms with E-state index in [0.29, 0.717) is 11.3 Å². The average Bonchev–Trinajstić information content (AvgIpc) is 3.17. The van der Waals surface area contributed by atoms with Gasteiger partial charge in [0.25, 0.3) is 0 Å². The highest BCUT2D eigenvalue weighted by Gasteiger charge is 2.14. The highest BCUT2D eigenvalue weighted by molar-refractivity contribution is 7.98. The molecule has 0 aliphatic rings. The first kappa shape index (κ1) is 20.6. The number of fused-ring (bicyclic) bond motifs is 1. The van der Waals surface area contributed by atoms with Crippen molar-refractivity contribution >= 4 is 39.3 Å². The highest BCUT2D eigenvalue weighted by atomic mass is 32.2. The summed E-state index contributed by atoms with van der Waals surface area (Å²) in [5.74, 6) is 0.415. The summed E-state index contributed by atoms with van der Waals surface area (Å²) in [6.07, 6.45) is 1.49. The maximum Gasteiger partial charge on any atom is 0.338 e. The molecule has 0 atom stereocenters. The Balaban J connectivity index is 1.60. The number of carbonyl (C=O) groups is 1. The molecule has 4 nitrogen and oxygen atoms in total. The Kier molecular flexibility index (Phi) is 6.16. The lowest BCUT2D eigenvalue weighted by Crippen LogP contribution is -2.11. The molecule has 0 bridgehead atoms. The minimum absolute atomic E-state index is 0.136. The zero-order valence-corrected chi connectivity index (χ0v) is 18.7. The summed E-state index contributed by atoms with van der Waals surface area (Å²) < 4.78 is 5.31. The third kappa shape index (κ3) is 4.55. The number of ether oxygens (including phenoxy) is 1. The van der Waals surface area contributed by atoms with Gasteiger partial charge in [-0.3, -0.25) is 0 Å². The molecule has 2 aromatic carbocycles. The van der Waals surface area contributed by atoms with E-state index in [2.05, 4.69) is 46.5 Å². The number of benzene rings is 2. The van der Waals surface area contributed by atoms with Crippen molar-refractivity contribution in [2.45, 2.75) is 37.7 Å². The molecule has 152 valence electrons. The van der Waals surface area contributed by atoms with Gasteiger partial charge in [0.2, 0.25) is 0 Å². The second kappa shape index (κ2) is 8.98. The van der Waals surface area contributed by atoms with E-state index < -0.39 is 0 Å². The number of hydrogen-bond donors (Lipinski definition) is 0. The van der Waals surface area contributed by atoms with Crippen LogP contribution < -0.4 is 0 Å². The van der Waals surface area contributed by atoms with Gasteiger partial charge in [0.05, 0.1) is 17.1 Å². The molecule has 0 radical (unpaired) electrons. The Labute approximate surface area is 184 Å². The number of hydrogen-bond acceptors (Lipinski definition) is 6. The number of rotatable bonds is 6. The van der Waals surface area contributed by atoms with Gasteiger partial charge >= 0.3 is 5.97 Å². The van der Waals surface area contributed by atoms with Gasteiger partial charge in [0.15, 0.2) is 0 Å². The van der Waals surface area contributed by atoms with E-state index in [-0.39, 0.29) is 12.1 Å². The van der Waals surface area contributed by atoms with Gasteiger partial charge in [-0.15, -0.1) is 23.1 Å². The van der Waals surface area contributed by atoms with Gasteiger partial charge in [-0.1, -0.05) is 42.0 Å². The number of nitrogens with zero attached hydrogens (tertiary/aromatic N) is 2. The molecule has 4 aromatic rings. The largest absolute Gasteiger partial charge is 0.459 e. The first-order valence-corrected chi connectivity index (χ1v) is 11.6. The molecule has 0 N–H and O–H groups in total. The van der Waals surface area contributed by atoms with Crippen LogP contribution in [0, 0.1) is 6.92 Å². The number of aryl methyl sites for hydroxylation is 1. The predicted molar refractivity (Wildman–Crippen MR) is 124 cm³/mol. The average molecular weight is 435 g/mol. The summed E-state index contributed by atoms with van der Waals surface area (Å²) in [5, 5.41) is 4.19. The fourth-order valence-electron chi connectivity index (χ4n) is 3.12.